The molecule has 7 nitrogen and oxygen atoms in total. The molecule has 0 bridgehead atoms. The lowest BCUT2D eigenvalue weighted by Gasteiger charge is -2.35. The zero-order chi connectivity index (χ0) is 24.5. The van der Waals surface area contributed by atoms with Crippen molar-refractivity contribution in [3.63, 3.8) is 0 Å². The standard InChI is InChI=1S/C26H21Cl2N3O4/c27-16-3-8-19(9-4-16)35-26(33)31-12-11-20-21-13-17(28)5-10-22(21)30-24(20)25(31)15-1-6-18(7-2-15)34-14-23(29)32/h1-10,13,25,30H,11-12,14H2,(H2,29,32). The molecule has 0 aliphatic carbocycles. The first-order chi connectivity index (χ1) is 16.9. The van der Waals surface area contributed by atoms with Crippen molar-refractivity contribution in [2.45, 2.75) is 12.5 Å². The van der Waals surface area contributed by atoms with Crippen molar-refractivity contribution >= 4 is 46.1 Å². The molecule has 1 atom stereocenters. The Morgan fingerprint density at radius 3 is 2.37 bits per heavy atom. The first kappa shape index (κ1) is 23.1. The zero-order valence-corrected chi connectivity index (χ0v) is 20.0. The van der Waals surface area contributed by atoms with Crippen molar-refractivity contribution in [2.24, 2.45) is 5.73 Å². The number of aromatic nitrogens is 1. The maximum absolute atomic E-state index is 13.3. The minimum Gasteiger partial charge on any atom is -0.484 e. The van der Waals surface area contributed by atoms with Crippen LogP contribution in [0.1, 0.15) is 22.9 Å². The number of nitrogens with one attached hydrogen (secondary N) is 1. The number of fused-ring (bicyclic) bond motifs is 3. The van der Waals surface area contributed by atoms with Gasteiger partial charge in [0.1, 0.15) is 17.5 Å². The van der Waals surface area contributed by atoms with Gasteiger partial charge in [0, 0.05) is 33.2 Å². The smallest absolute Gasteiger partial charge is 0.416 e. The van der Waals surface area contributed by atoms with Gasteiger partial charge >= 0.3 is 6.09 Å². The molecule has 0 radical (unpaired) electrons. The number of primary amides is 1. The van der Waals surface area contributed by atoms with E-state index in [2.05, 4.69) is 4.98 Å². The van der Waals surface area contributed by atoms with Crippen LogP contribution in [0.2, 0.25) is 10.0 Å². The average Bonchev–Trinajstić information content (AvgIpc) is 3.21. The number of hydrogen-bond donors (Lipinski definition) is 2. The topological polar surface area (TPSA) is 97.7 Å². The van der Waals surface area contributed by atoms with Crippen LogP contribution in [-0.4, -0.2) is 35.0 Å². The summed E-state index contributed by atoms with van der Waals surface area (Å²) in [5.74, 6) is 0.351. The monoisotopic (exact) mass is 509 g/mol. The van der Waals surface area contributed by atoms with Gasteiger partial charge in [-0.15, -0.1) is 0 Å². The summed E-state index contributed by atoms with van der Waals surface area (Å²) in [6.45, 7) is 0.235. The Hall–Kier alpha value is -3.68. The second-order valence-electron chi connectivity index (χ2n) is 8.20. The van der Waals surface area contributed by atoms with Crippen LogP contribution in [-0.2, 0) is 11.2 Å². The molecule has 4 aromatic rings. The third kappa shape index (κ3) is 4.78. The fourth-order valence-corrected chi connectivity index (χ4v) is 4.66. The van der Waals surface area contributed by atoms with E-state index in [0.717, 1.165) is 27.7 Å². The van der Waals surface area contributed by atoms with Gasteiger partial charge in [0.2, 0.25) is 0 Å². The van der Waals surface area contributed by atoms with Crippen LogP contribution < -0.4 is 15.2 Å². The molecule has 35 heavy (non-hydrogen) atoms. The Bertz CT molecular complexity index is 1400. The van der Waals surface area contributed by atoms with E-state index in [-0.39, 0.29) is 6.61 Å². The first-order valence-electron chi connectivity index (χ1n) is 10.9. The summed E-state index contributed by atoms with van der Waals surface area (Å²) in [5.41, 5.74) is 8.97. The van der Waals surface area contributed by atoms with E-state index in [1.807, 2.05) is 30.3 Å². The molecule has 1 aliphatic heterocycles. The third-order valence-corrected chi connectivity index (χ3v) is 6.41. The molecule has 0 spiro atoms. The molecule has 178 valence electrons. The zero-order valence-electron chi connectivity index (χ0n) is 18.5. The van der Waals surface area contributed by atoms with Gasteiger partial charge in [-0.2, -0.15) is 0 Å². The molecule has 2 heterocycles. The number of H-pyrrole nitrogens is 1. The van der Waals surface area contributed by atoms with E-state index in [0.29, 0.717) is 34.5 Å². The Morgan fingerprint density at radius 1 is 0.971 bits per heavy atom. The summed E-state index contributed by atoms with van der Waals surface area (Å²) in [6.07, 6.45) is 0.163. The predicted octanol–water partition coefficient (Wildman–Crippen LogP) is 5.49. The molecule has 1 unspecified atom stereocenters. The van der Waals surface area contributed by atoms with Gasteiger partial charge in [0.05, 0.1) is 0 Å². The summed E-state index contributed by atoms with van der Waals surface area (Å²) in [6, 6.07) is 19.1. The van der Waals surface area contributed by atoms with Crippen LogP contribution in [0.25, 0.3) is 10.9 Å². The molecular weight excluding hydrogens is 489 g/mol. The van der Waals surface area contributed by atoms with Gasteiger partial charge in [0.25, 0.3) is 5.91 Å². The number of rotatable bonds is 5. The van der Waals surface area contributed by atoms with Crippen molar-refractivity contribution < 1.29 is 19.1 Å². The molecule has 3 aromatic carbocycles. The van der Waals surface area contributed by atoms with E-state index >= 15 is 0 Å². The number of amides is 2. The van der Waals surface area contributed by atoms with Gasteiger partial charge < -0.3 is 20.2 Å². The van der Waals surface area contributed by atoms with E-state index < -0.39 is 18.0 Å². The van der Waals surface area contributed by atoms with E-state index in [1.165, 1.54) is 0 Å². The number of halogens is 2. The molecule has 0 fully saturated rings. The van der Waals surface area contributed by atoms with Crippen molar-refractivity contribution in [1.82, 2.24) is 9.88 Å². The van der Waals surface area contributed by atoms with Crippen LogP contribution in [0.3, 0.4) is 0 Å². The molecule has 1 aromatic heterocycles. The maximum atomic E-state index is 13.3. The largest absolute Gasteiger partial charge is 0.484 e. The minimum absolute atomic E-state index is 0.213. The normalized spacial score (nSPS) is 15.0. The highest BCUT2D eigenvalue weighted by Crippen LogP contribution is 2.40. The van der Waals surface area contributed by atoms with Gasteiger partial charge in [0.15, 0.2) is 6.61 Å². The molecule has 2 amide bonds. The van der Waals surface area contributed by atoms with Gasteiger partial charge in [-0.05, 0) is 72.1 Å². The highest BCUT2D eigenvalue weighted by Gasteiger charge is 2.35. The molecular formula is C26H21Cl2N3O4. The van der Waals surface area contributed by atoms with E-state index in [1.54, 1.807) is 41.3 Å². The number of carbonyl (C=O) groups excluding carboxylic acids is 2. The minimum atomic E-state index is -0.557. The molecule has 5 rings (SSSR count). The molecule has 3 N–H and O–H groups in total. The molecule has 9 heteroatoms. The summed E-state index contributed by atoms with van der Waals surface area (Å²) in [4.78, 5) is 29.5. The predicted molar refractivity (Wildman–Crippen MR) is 134 cm³/mol. The van der Waals surface area contributed by atoms with Crippen LogP contribution in [0.15, 0.2) is 66.7 Å². The summed E-state index contributed by atoms with van der Waals surface area (Å²) < 4.78 is 11.1. The van der Waals surface area contributed by atoms with Crippen LogP contribution >= 0.6 is 23.2 Å². The third-order valence-electron chi connectivity index (χ3n) is 5.92. The number of aromatic amines is 1. The Morgan fingerprint density at radius 2 is 1.66 bits per heavy atom. The van der Waals surface area contributed by atoms with Gasteiger partial charge in [-0.3, -0.25) is 9.69 Å². The van der Waals surface area contributed by atoms with Crippen molar-refractivity contribution in [1.29, 1.82) is 0 Å². The second kappa shape index (κ2) is 9.52. The molecule has 0 saturated carbocycles. The summed E-state index contributed by atoms with van der Waals surface area (Å²) >= 11 is 12.2. The number of ether oxygens (including phenoxy) is 2. The highest BCUT2D eigenvalue weighted by molar-refractivity contribution is 6.31. The first-order valence-corrected chi connectivity index (χ1v) is 11.7. The second-order valence-corrected chi connectivity index (χ2v) is 9.07. The molecule has 0 saturated heterocycles. The van der Waals surface area contributed by atoms with Crippen LogP contribution in [0.5, 0.6) is 11.5 Å². The number of carbonyl (C=O) groups is 2. The number of benzene rings is 3. The van der Waals surface area contributed by atoms with E-state index in [9.17, 15) is 9.59 Å². The van der Waals surface area contributed by atoms with Crippen LogP contribution in [0, 0.1) is 0 Å². The van der Waals surface area contributed by atoms with Gasteiger partial charge in [-0.25, -0.2) is 4.79 Å². The lowest BCUT2D eigenvalue weighted by atomic mass is 9.92. The summed E-state index contributed by atoms with van der Waals surface area (Å²) in [5, 5.41) is 2.24. The maximum Gasteiger partial charge on any atom is 0.416 e. The fraction of sp³-hybridized carbons (Fsp3) is 0.154. The number of nitrogens with zero attached hydrogens (tertiary/aromatic N) is 1. The Labute approximate surface area is 211 Å². The fourth-order valence-electron chi connectivity index (χ4n) is 4.37. The van der Waals surface area contributed by atoms with E-state index in [4.69, 9.17) is 38.4 Å². The number of nitrogens with two attached hydrogens (primary N) is 1. The van der Waals surface area contributed by atoms with Crippen molar-refractivity contribution in [2.75, 3.05) is 13.2 Å². The van der Waals surface area contributed by atoms with Crippen molar-refractivity contribution in [3.05, 3.63) is 93.6 Å². The Kier molecular flexibility index (Phi) is 6.28. The van der Waals surface area contributed by atoms with Gasteiger partial charge in [-0.1, -0.05) is 35.3 Å². The van der Waals surface area contributed by atoms with Crippen molar-refractivity contribution in [3.8, 4) is 11.5 Å². The highest BCUT2D eigenvalue weighted by atomic mass is 35.5. The molecule has 1 aliphatic rings. The quantitative estimate of drug-likeness (QED) is 0.371. The average molecular weight is 510 g/mol. The lowest BCUT2D eigenvalue weighted by molar-refractivity contribution is -0.119. The number of hydrogen-bond acceptors (Lipinski definition) is 4. The Balaban J connectivity index is 1.52. The lowest BCUT2D eigenvalue weighted by Crippen LogP contribution is -2.42. The van der Waals surface area contributed by atoms with Crippen LogP contribution in [0.4, 0.5) is 4.79 Å². The SMILES string of the molecule is NC(=O)COc1ccc(C2c3[nH]c4ccc(Cl)cc4c3CCN2C(=O)Oc2ccc(Cl)cc2)cc1. The summed E-state index contributed by atoms with van der Waals surface area (Å²) in [7, 11) is 0.